The summed E-state index contributed by atoms with van der Waals surface area (Å²) < 4.78 is 5.79. The molecule has 3 aromatic rings. The van der Waals surface area contributed by atoms with Crippen molar-refractivity contribution in [1.82, 2.24) is 10.2 Å². The Kier molecular flexibility index (Phi) is 9.46. The van der Waals surface area contributed by atoms with E-state index in [1.165, 1.54) is 21.9 Å². The number of rotatable bonds is 10. The van der Waals surface area contributed by atoms with Gasteiger partial charge in [-0.15, -0.1) is 12.4 Å². The summed E-state index contributed by atoms with van der Waals surface area (Å²) >= 11 is 0. The molecule has 3 aromatic carbocycles. The zero-order valence-electron chi connectivity index (χ0n) is 17.7. The SMILES string of the molecule is CCN(CC)CCNC(Cc1ccccc1)c1c(OC)ccc2ccccc12.Cl. The Morgan fingerprint density at radius 3 is 2.28 bits per heavy atom. The summed E-state index contributed by atoms with van der Waals surface area (Å²) in [5, 5.41) is 6.34. The van der Waals surface area contributed by atoms with Crippen molar-refractivity contribution in [3.05, 3.63) is 77.9 Å². The summed E-state index contributed by atoms with van der Waals surface area (Å²) in [7, 11) is 1.77. The van der Waals surface area contributed by atoms with E-state index in [9.17, 15) is 0 Å². The Bertz CT molecular complexity index is 865. The number of methoxy groups -OCH3 is 1. The van der Waals surface area contributed by atoms with Crippen molar-refractivity contribution >= 4 is 23.2 Å². The van der Waals surface area contributed by atoms with Crippen molar-refractivity contribution < 1.29 is 4.74 Å². The summed E-state index contributed by atoms with van der Waals surface area (Å²) in [5.74, 6) is 0.954. The molecule has 1 atom stereocenters. The highest BCUT2D eigenvalue weighted by Gasteiger charge is 2.19. The van der Waals surface area contributed by atoms with Crippen LogP contribution in [-0.4, -0.2) is 38.2 Å². The molecule has 0 aromatic heterocycles. The van der Waals surface area contributed by atoms with E-state index in [1.807, 2.05) is 0 Å². The number of hydrogen-bond donors (Lipinski definition) is 1. The first-order valence-corrected chi connectivity index (χ1v) is 10.3. The molecule has 0 aliphatic heterocycles. The van der Waals surface area contributed by atoms with Crippen LogP contribution in [0.25, 0.3) is 10.8 Å². The molecule has 0 amide bonds. The number of benzene rings is 3. The van der Waals surface area contributed by atoms with Crippen molar-refractivity contribution in [3.8, 4) is 5.75 Å². The van der Waals surface area contributed by atoms with Crippen LogP contribution in [-0.2, 0) is 6.42 Å². The molecule has 3 rings (SSSR count). The number of nitrogens with zero attached hydrogens (tertiary/aromatic N) is 1. The maximum absolute atomic E-state index is 5.79. The number of hydrogen-bond acceptors (Lipinski definition) is 3. The van der Waals surface area contributed by atoms with Crippen LogP contribution in [0.4, 0.5) is 0 Å². The van der Waals surface area contributed by atoms with Gasteiger partial charge >= 0.3 is 0 Å². The Morgan fingerprint density at radius 2 is 1.59 bits per heavy atom. The first-order chi connectivity index (χ1) is 13.8. The third-order valence-corrected chi connectivity index (χ3v) is 5.49. The molecule has 0 aliphatic rings. The monoisotopic (exact) mass is 412 g/mol. The zero-order valence-corrected chi connectivity index (χ0v) is 18.5. The van der Waals surface area contributed by atoms with Gasteiger partial charge in [-0.2, -0.15) is 0 Å². The molecule has 0 saturated carbocycles. The van der Waals surface area contributed by atoms with Gasteiger partial charge in [0.1, 0.15) is 5.75 Å². The van der Waals surface area contributed by atoms with Crippen molar-refractivity contribution in [3.63, 3.8) is 0 Å². The van der Waals surface area contributed by atoms with E-state index >= 15 is 0 Å². The van der Waals surface area contributed by atoms with Gasteiger partial charge in [-0.25, -0.2) is 0 Å². The lowest BCUT2D eigenvalue weighted by Crippen LogP contribution is -2.34. The van der Waals surface area contributed by atoms with Gasteiger partial charge in [-0.05, 0) is 41.9 Å². The third kappa shape index (κ3) is 5.96. The third-order valence-electron chi connectivity index (χ3n) is 5.49. The Morgan fingerprint density at radius 1 is 0.897 bits per heavy atom. The molecular formula is C25H33ClN2O. The van der Waals surface area contributed by atoms with Crippen LogP contribution in [0.3, 0.4) is 0 Å². The number of ether oxygens (including phenoxy) is 1. The van der Waals surface area contributed by atoms with Gasteiger partial charge in [-0.1, -0.05) is 74.5 Å². The van der Waals surface area contributed by atoms with Crippen LogP contribution in [0, 0.1) is 0 Å². The van der Waals surface area contributed by atoms with E-state index in [4.69, 9.17) is 4.74 Å². The summed E-state index contributed by atoms with van der Waals surface area (Å²) in [6.07, 6.45) is 0.934. The molecule has 0 fully saturated rings. The summed E-state index contributed by atoms with van der Waals surface area (Å²) in [6.45, 7) is 8.60. The van der Waals surface area contributed by atoms with Crippen molar-refractivity contribution in [1.29, 1.82) is 0 Å². The maximum atomic E-state index is 5.79. The lowest BCUT2D eigenvalue weighted by Gasteiger charge is -2.25. The minimum Gasteiger partial charge on any atom is -0.496 e. The molecule has 1 unspecified atom stereocenters. The quantitative estimate of drug-likeness (QED) is 0.476. The predicted octanol–water partition coefficient (Wildman–Crippen LogP) is 5.49. The standard InChI is InChI=1S/C25H32N2O.ClH/c1-4-27(5-2)18-17-26-23(19-20-11-7-6-8-12-20)25-22-14-10-9-13-21(22)15-16-24(25)28-3;/h6-16,23,26H,4-5,17-19H2,1-3H3;1H. The lowest BCUT2D eigenvalue weighted by molar-refractivity contribution is 0.295. The van der Waals surface area contributed by atoms with E-state index < -0.39 is 0 Å². The molecule has 0 spiro atoms. The van der Waals surface area contributed by atoms with Gasteiger partial charge in [0.25, 0.3) is 0 Å². The molecule has 4 heteroatoms. The molecule has 0 bridgehead atoms. The average molecular weight is 413 g/mol. The lowest BCUT2D eigenvalue weighted by atomic mass is 9.93. The second kappa shape index (κ2) is 11.8. The molecule has 3 nitrogen and oxygen atoms in total. The van der Waals surface area contributed by atoms with Crippen molar-refractivity contribution in [2.24, 2.45) is 0 Å². The van der Waals surface area contributed by atoms with Gasteiger partial charge in [0.05, 0.1) is 7.11 Å². The number of fused-ring (bicyclic) bond motifs is 1. The second-order valence-corrected chi connectivity index (χ2v) is 7.13. The first-order valence-electron chi connectivity index (χ1n) is 10.3. The maximum Gasteiger partial charge on any atom is 0.124 e. The Hall–Kier alpha value is -2.07. The molecule has 0 heterocycles. The van der Waals surface area contributed by atoms with E-state index in [1.54, 1.807) is 7.11 Å². The minimum absolute atomic E-state index is 0. The van der Waals surface area contributed by atoms with Gasteiger partial charge in [0.15, 0.2) is 0 Å². The zero-order chi connectivity index (χ0) is 19.8. The Balaban J connectivity index is 0.00000300. The summed E-state index contributed by atoms with van der Waals surface area (Å²) in [4.78, 5) is 2.45. The number of nitrogens with one attached hydrogen (secondary N) is 1. The molecule has 29 heavy (non-hydrogen) atoms. The fraction of sp³-hybridized carbons (Fsp3) is 0.360. The van der Waals surface area contributed by atoms with E-state index in [0.29, 0.717) is 0 Å². The molecule has 1 N–H and O–H groups in total. The largest absolute Gasteiger partial charge is 0.496 e. The number of halogens is 1. The number of likely N-dealkylation sites (N-methyl/N-ethyl adjacent to an activating group) is 1. The van der Waals surface area contributed by atoms with Crippen molar-refractivity contribution in [2.75, 3.05) is 33.3 Å². The summed E-state index contributed by atoms with van der Waals surface area (Å²) in [6, 6.07) is 23.7. The molecule has 0 aliphatic carbocycles. The van der Waals surface area contributed by atoms with Crippen LogP contribution in [0.15, 0.2) is 66.7 Å². The van der Waals surface area contributed by atoms with Gasteiger partial charge in [0, 0.05) is 24.7 Å². The molecule has 156 valence electrons. The second-order valence-electron chi connectivity index (χ2n) is 7.13. The molecule has 0 saturated heterocycles. The van der Waals surface area contributed by atoms with Gasteiger partial charge in [-0.3, -0.25) is 0 Å². The molecular weight excluding hydrogens is 380 g/mol. The predicted molar refractivity (Wildman–Crippen MR) is 126 cm³/mol. The van der Waals surface area contributed by atoms with Crippen LogP contribution in [0.2, 0.25) is 0 Å². The van der Waals surface area contributed by atoms with E-state index in [2.05, 4.69) is 90.8 Å². The normalized spacial score (nSPS) is 12.0. The molecule has 0 radical (unpaired) electrons. The fourth-order valence-corrected chi connectivity index (χ4v) is 3.88. The fourth-order valence-electron chi connectivity index (χ4n) is 3.88. The van der Waals surface area contributed by atoms with Crippen LogP contribution >= 0.6 is 12.4 Å². The van der Waals surface area contributed by atoms with Crippen LogP contribution < -0.4 is 10.1 Å². The van der Waals surface area contributed by atoms with Gasteiger partial charge < -0.3 is 15.0 Å². The Labute approximate surface area is 181 Å². The highest BCUT2D eigenvalue weighted by atomic mass is 35.5. The van der Waals surface area contributed by atoms with Crippen molar-refractivity contribution in [2.45, 2.75) is 26.3 Å². The summed E-state index contributed by atoms with van der Waals surface area (Å²) in [5.41, 5.74) is 2.59. The van der Waals surface area contributed by atoms with Crippen LogP contribution in [0.1, 0.15) is 31.0 Å². The minimum atomic E-state index is 0. The highest BCUT2D eigenvalue weighted by molar-refractivity contribution is 5.88. The smallest absolute Gasteiger partial charge is 0.124 e. The van der Waals surface area contributed by atoms with Gasteiger partial charge in [0.2, 0.25) is 0 Å². The van der Waals surface area contributed by atoms with E-state index in [-0.39, 0.29) is 18.4 Å². The van der Waals surface area contributed by atoms with Crippen LogP contribution in [0.5, 0.6) is 5.75 Å². The highest BCUT2D eigenvalue weighted by Crippen LogP contribution is 2.34. The topological polar surface area (TPSA) is 24.5 Å². The van der Waals surface area contributed by atoms with E-state index in [0.717, 1.165) is 38.3 Å². The average Bonchev–Trinajstić information content (AvgIpc) is 2.76. The first kappa shape index (κ1) is 23.2.